The van der Waals surface area contributed by atoms with Crippen molar-refractivity contribution in [2.45, 2.75) is 32.7 Å². The molecular weight excluding hydrogens is 648 g/mol. The van der Waals surface area contributed by atoms with Crippen molar-refractivity contribution in [3.05, 3.63) is 119 Å². The van der Waals surface area contributed by atoms with Crippen LogP contribution in [0, 0.1) is 6.92 Å². The molecule has 0 heterocycles. The summed E-state index contributed by atoms with van der Waals surface area (Å²) in [5.41, 5.74) is 2.95. The highest BCUT2D eigenvalue weighted by molar-refractivity contribution is 6.04. The maximum Gasteiger partial charge on any atom is 0.248 e. The number of ketones is 2. The lowest BCUT2D eigenvalue weighted by Gasteiger charge is -2.04. The number of amides is 2. The Hall–Kier alpha value is -6.76. The molecule has 0 aliphatic heterocycles. The predicted molar refractivity (Wildman–Crippen MR) is 183 cm³/mol. The first-order chi connectivity index (χ1) is 23.7. The van der Waals surface area contributed by atoms with Crippen molar-refractivity contribution >= 4 is 29.1 Å². The van der Waals surface area contributed by atoms with Gasteiger partial charge in [0.1, 0.15) is 5.75 Å². The van der Waals surface area contributed by atoms with Crippen LogP contribution < -0.4 is 10.6 Å². The number of nitrogens with one attached hydrogen (secondary N) is 2. The van der Waals surface area contributed by atoms with E-state index >= 15 is 0 Å². The largest absolute Gasteiger partial charge is 0.508 e. The van der Waals surface area contributed by atoms with Crippen LogP contribution in [0.1, 0.15) is 28.7 Å². The molecule has 0 aromatic heterocycles. The number of phenolic OH excluding ortho intramolecular Hbond substituents is 7. The second-order valence-corrected chi connectivity index (χ2v) is 11.0. The zero-order chi connectivity index (χ0) is 36.8. The molecule has 260 valence electrons. The van der Waals surface area contributed by atoms with Gasteiger partial charge in [0.05, 0.1) is 0 Å². The van der Waals surface area contributed by atoms with Gasteiger partial charge >= 0.3 is 0 Å². The number of phenols is 7. The Morgan fingerprint density at radius 2 is 1.06 bits per heavy atom. The van der Waals surface area contributed by atoms with Gasteiger partial charge in [-0.2, -0.15) is 0 Å². The van der Waals surface area contributed by atoms with Crippen molar-refractivity contribution in [3.63, 3.8) is 0 Å². The molecule has 0 atom stereocenters. The highest BCUT2D eigenvalue weighted by atomic mass is 16.3. The van der Waals surface area contributed by atoms with Gasteiger partial charge < -0.3 is 46.4 Å². The van der Waals surface area contributed by atoms with Crippen LogP contribution >= 0.6 is 0 Å². The smallest absolute Gasteiger partial charge is 0.248 e. The number of hydrogen-bond acceptors (Lipinski definition) is 11. The Balaban J connectivity index is 0.000000271. The average molecular weight is 685 g/mol. The molecule has 50 heavy (non-hydrogen) atoms. The molecule has 0 spiro atoms. The third kappa shape index (κ3) is 12.4. The van der Waals surface area contributed by atoms with E-state index in [2.05, 4.69) is 10.6 Å². The van der Waals surface area contributed by atoms with Crippen molar-refractivity contribution in [1.29, 1.82) is 0 Å². The van der Waals surface area contributed by atoms with Crippen molar-refractivity contribution in [2.24, 2.45) is 0 Å². The summed E-state index contributed by atoms with van der Waals surface area (Å²) >= 11 is 0. The summed E-state index contributed by atoms with van der Waals surface area (Å²) in [4.78, 5) is 47.1. The molecule has 2 amide bonds. The fraction of sp³-hybridized carbons (Fsp3) is 0.135. The number of aromatic hydroxyl groups is 7. The van der Waals surface area contributed by atoms with Crippen molar-refractivity contribution in [3.8, 4) is 40.2 Å². The molecule has 13 heteroatoms. The van der Waals surface area contributed by atoms with Crippen LogP contribution in [0.3, 0.4) is 0 Å². The van der Waals surface area contributed by atoms with Crippen LogP contribution in [0.25, 0.3) is 0 Å². The maximum atomic E-state index is 11.8. The lowest BCUT2D eigenvalue weighted by atomic mass is 10.1. The van der Waals surface area contributed by atoms with Crippen LogP contribution in [-0.2, 0) is 38.6 Å². The van der Waals surface area contributed by atoms with Gasteiger partial charge in [0.25, 0.3) is 0 Å². The van der Waals surface area contributed by atoms with Crippen molar-refractivity contribution in [1.82, 2.24) is 5.32 Å². The third-order valence-electron chi connectivity index (χ3n) is 6.94. The highest BCUT2D eigenvalue weighted by Gasteiger charge is 2.07. The summed E-state index contributed by atoms with van der Waals surface area (Å²) in [6, 6.07) is 17.3. The number of rotatable bonds is 12. The molecule has 0 saturated carbocycles. The minimum absolute atomic E-state index is 0.0671. The Morgan fingerprint density at radius 1 is 0.540 bits per heavy atom. The van der Waals surface area contributed by atoms with Crippen LogP contribution in [0.2, 0.25) is 0 Å². The van der Waals surface area contributed by atoms with Gasteiger partial charge in [-0.1, -0.05) is 24.3 Å². The molecule has 4 aromatic rings. The quantitative estimate of drug-likeness (QED) is 0.0580. The Labute approximate surface area is 286 Å². The molecule has 0 saturated heterocycles. The van der Waals surface area contributed by atoms with E-state index in [0.717, 1.165) is 23.8 Å². The summed E-state index contributed by atoms with van der Waals surface area (Å²) < 4.78 is 0. The lowest BCUT2D eigenvalue weighted by Crippen LogP contribution is -2.20. The monoisotopic (exact) mass is 684 g/mol. The number of benzene rings is 4. The second kappa shape index (κ2) is 18.0. The van der Waals surface area contributed by atoms with Gasteiger partial charge in [0.15, 0.2) is 46.1 Å². The molecule has 0 unspecified atom stereocenters. The van der Waals surface area contributed by atoms with Crippen LogP contribution in [0.5, 0.6) is 40.2 Å². The molecular formula is C37H36N2O11. The fourth-order valence-electron chi connectivity index (χ4n) is 4.15. The molecule has 0 aliphatic carbocycles. The molecule has 9 N–H and O–H groups in total. The molecule has 13 nitrogen and oxygen atoms in total. The molecule has 0 radical (unpaired) electrons. The standard InChI is InChI=1S/C19H19NO6.C18H17NO5/c21-14(4-1-12-2-6-15(22)17(24)9-12)5-8-19(26)20-11-13-3-7-16(23)18(25)10-13;1-11-2-3-12(9-16(11)22)8-14(20)5-7-18(24)19-13-4-6-15(21)17(23)10-13/h2-3,5-10,22-25H,1,4,11H2,(H,20,26);2-7,9-10,21-23H,8H2,1H3,(H,19,24)/b8-5+;7-5+. The van der Waals surface area contributed by atoms with Gasteiger partial charge in [-0.25, -0.2) is 0 Å². The molecule has 4 aromatic carbocycles. The van der Waals surface area contributed by atoms with Crippen LogP contribution in [0.4, 0.5) is 5.69 Å². The first-order valence-corrected chi connectivity index (χ1v) is 15.0. The van der Waals surface area contributed by atoms with Crippen molar-refractivity contribution in [2.75, 3.05) is 5.32 Å². The topological polar surface area (TPSA) is 234 Å². The zero-order valence-corrected chi connectivity index (χ0v) is 26.8. The molecule has 4 rings (SSSR count). The summed E-state index contributed by atoms with van der Waals surface area (Å²) in [5.74, 6) is -3.06. The van der Waals surface area contributed by atoms with E-state index in [-0.39, 0.29) is 76.9 Å². The van der Waals surface area contributed by atoms with E-state index in [1.165, 1.54) is 54.6 Å². The van der Waals surface area contributed by atoms with Gasteiger partial charge in [0, 0.05) is 43.3 Å². The third-order valence-corrected chi connectivity index (χ3v) is 6.94. The van der Waals surface area contributed by atoms with E-state index in [0.29, 0.717) is 23.1 Å². The van der Waals surface area contributed by atoms with Crippen LogP contribution in [0.15, 0.2) is 97.1 Å². The first-order valence-electron chi connectivity index (χ1n) is 15.0. The zero-order valence-electron chi connectivity index (χ0n) is 26.8. The summed E-state index contributed by atoms with van der Waals surface area (Å²) in [6.07, 6.45) is 5.11. The minimum atomic E-state index is -0.541. The number of aryl methyl sites for hydroxylation is 2. The molecule has 0 fully saturated rings. The van der Waals surface area contributed by atoms with Crippen LogP contribution in [-0.4, -0.2) is 59.1 Å². The summed E-state index contributed by atoms with van der Waals surface area (Å²) in [6.45, 7) is 1.89. The SMILES string of the molecule is Cc1ccc(CC(=O)/C=C/C(=O)Nc2ccc(O)c(O)c2)cc1O.O=C(/C=C/C(=O)NCc1ccc(O)c(O)c1)CCc1ccc(O)c(O)c1. The lowest BCUT2D eigenvalue weighted by molar-refractivity contribution is -0.118. The summed E-state index contributed by atoms with van der Waals surface area (Å²) in [5, 5.41) is 70.4. The first kappa shape index (κ1) is 37.7. The number of carbonyl (C=O) groups excluding carboxylic acids is 4. The highest BCUT2D eigenvalue weighted by Crippen LogP contribution is 2.28. The molecule has 0 bridgehead atoms. The van der Waals surface area contributed by atoms with Gasteiger partial charge in [-0.15, -0.1) is 0 Å². The number of hydrogen-bond donors (Lipinski definition) is 9. The van der Waals surface area contributed by atoms with E-state index in [4.69, 9.17) is 0 Å². The molecule has 0 aliphatic rings. The van der Waals surface area contributed by atoms with E-state index < -0.39 is 11.8 Å². The van der Waals surface area contributed by atoms with Gasteiger partial charge in [-0.05, 0) is 90.2 Å². The number of carbonyl (C=O) groups is 4. The minimum Gasteiger partial charge on any atom is -0.508 e. The predicted octanol–water partition coefficient (Wildman–Crippen LogP) is 4.30. The van der Waals surface area contributed by atoms with Gasteiger partial charge in [-0.3, -0.25) is 19.2 Å². The summed E-state index contributed by atoms with van der Waals surface area (Å²) in [7, 11) is 0. The maximum absolute atomic E-state index is 11.8. The second-order valence-electron chi connectivity index (χ2n) is 11.0. The number of allylic oxidation sites excluding steroid dienone is 2. The Kier molecular flexibility index (Phi) is 13.5. The fourth-order valence-corrected chi connectivity index (χ4v) is 4.15. The normalized spacial score (nSPS) is 10.7. The van der Waals surface area contributed by atoms with E-state index in [9.17, 15) is 54.9 Å². The Bertz CT molecular complexity index is 1800. The van der Waals surface area contributed by atoms with Gasteiger partial charge in [0.2, 0.25) is 11.8 Å². The van der Waals surface area contributed by atoms with E-state index in [1.54, 1.807) is 31.2 Å². The average Bonchev–Trinajstić information content (AvgIpc) is 3.07. The number of anilines is 1. The van der Waals surface area contributed by atoms with Crippen molar-refractivity contribution < 1.29 is 54.9 Å². The van der Waals surface area contributed by atoms with E-state index in [1.807, 2.05) is 0 Å². The Morgan fingerprint density at radius 3 is 1.68 bits per heavy atom.